The molecule has 2 aromatic heterocycles. The van der Waals surface area contributed by atoms with Crippen LogP contribution in [0.2, 0.25) is 0 Å². The SMILES string of the molecule is CC(C)NC(=N)c1ccc2nc(-c3ccc(Oc4cc(F)c(-c5nc6ccc(C(=N)NC(C)C)cc6[nH]5)c(F)c4)cc3Br)[nH]c2c1. The van der Waals surface area contributed by atoms with Gasteiger partial charge in [-0.05, 0) is 98.2 Å². The van der Waals surface area contributed by atoms with Crippen molar-refractivity contribution in [2.24, 2.45) is 0 Å². The van der Waals surface area contributed by atoms with Crippen molar-refractivity contribution in [3.05, 3.63) is 94.0 Å². The molecule has 6 rings (SSSR count). The van der Waals surface area contributed by atoms with Gasteiger partial charge in [0.1, 0.15) is 46.5 Å². The number of nitrogens with one attached hydrogen (secondary N) is 6. The molecule has 2 heterocycles. The van der Waals surface area contributed by atoms with Gasteiger partial charge in [0.25, 0.3) is 0 Å². The molecule has 9 nitrogen and oxygen atoms in total. The van der Waals surface area contributed by atoms with E-state index >= 15 is 8.78 Å². The Kier molecular flexibility index (Phi) is 8.30. The number of rotatable bonds is 8. The quantitative estimate of drug-likeness (QED) is 0.0708. The van der Waals surface area contributed by atoms with Gasteiger partial charge in [-0.25, -0.2) is 18.7 Å². The second-order valence-electron chi connectivity index (χ2n) is 11.5. The highest BCUT2D eigenvalue weighted by Crippen LogP contribution is 2.35. The lowest BCUT2D eigenvalue weighted by molar-refractivity contribution is 0.469. The first-order valence-corrected chi connectivity index (χ1v) is 15.4. The van der Waals surface area contributed by atoms with E-state index in [0.717, 1.165) is 34.3 Å². The molecule has 0 aliphatic carbocycles. The Labute approximate surface area is 272 Å². The second-order valence-corrected chi connectivity index (χ2v) is 12.3. The lowest BCUT2D eigenvalue weighted by Crippen LogP contribution is -2.30. The maximum absolute atomic E-state index is 15.3. The number of benzene rings is 4. The first kappa shape index (κ1) is 30.9. The molecule has 0 amide bonds. The van der Waals surface area contributed by atoms with Crippen LogP contribution in [0.1, 0.15) is 38.8 Å². The number of ether oxygens (including phenoxy) is 1. The van der Waals surface area contributed by atoms with E-state index in [1.165, 1.54) is 0 Å². The molecule has 0 spiro atoms. The van der Waals surface area contributed by atoms with Crippen LogP contribution < -0.4 is 15.4 Å². The summed E-state index contributed by atoms with van der Waals surface area (Å²) >= 11 is 3.57. The Hall–Kier alpha value is -5.10. The predicted molar refractivity (Wildman–Crippen MR) is 181 cm³/mol. The fourth-order valence-corrected chi connectivity index (χ4v) is 5.59. The van der Waals surface area contributed by atoms with Crippen LogP contribution >= 0.6 is 15.9 Å². The minimum Gasteiger partial charge on any atom is -0.457 e. The van der Waals surface area contributed by atoms with Gasteiger partial charge >= 0.3 is 0 Å². The highest BCUT2D eigenvalue weighted by Gasteiger charge is 2.19. The first-order chi connectivity index (χ1) is 21.9. The number of imidazole rings is 2. The van der Waals surface area contributed by atoms with Crippen molar-refractivity contribution in [3.63, 3.8) is 0 Å². The monoisotopic (exact) mass is 684 g/mol. The van der Waals surface area contributed by atoms with E-state index in [1.54, 1.807) is 36.4 Å². The standard InChI is InChI=1S/C34H31BrF2N8O/c1-16(2)40-31(38)18-5-9-26-28(11-18)44-33(42-26)22-8-7-20(13-23(22)35)46-21-14-24(36)30(25(37)15-21)34-43-27-10-6-19(12-29(27)45-34)32(39)41-17(3)4/h5-17H,1-4H3,(H2,38,40)(H2,39,41)(H,42,44)(H,43,45). The van der Waals surface area contributed by atoms with Crippen LogP contribution in [-0.4, -0.2) is 43.7 Å². The van der Waals surface area contributed by atoms with Crippen LogP contribution in [0.5, 0.6) is 11.5 Å². The minimum absolute atomic E-state index is 0.0151. The average Bonchev–Trinajstić information content (AvgIpc) is 3.59. The van der Waals surface area contributed by atoms with E-state index in [2.05, 4.69) is 46.5 Å². The van der Waals surface area contributed by atoms with Crippen molar-refractivity contribution in [2.45, 2.75) is 39.8 Å². The molecule has 6 N–H and O–H groups in total. The van der Waals surface area contributed by atoms with Crippen molar-refractivity contribution in [3.8, 4) is 34.3 Å². The summed E-state index contributed by atoms with van der Waals surface area (Å²) in [5, 5.41) is 22.6. The molecular formula is C34H31BrF2N8O. The summed E-state index contributed by atoms with van der Waals surface area (Å²) in [6, 6.07) is 18.4. The Morgan fingerprint density at radius 2 is 1.24 bits per heavy atom. The number of aromatic amines is 2. The van der Waals surface area contributed by atoms with Crippen LogP contribution in [0.15, 0.2) is 71.2 Å². The van der Waals surface area contributed by atoms with E-state index in [-0.39, 0.29) is 35.1 Å². The zero-order valence-corrected chi connectivity index (χ0v) is 27.0. The van der Waals surface area contributed by atoms with Gasteiger partial charge in [-0.1, -0.05) is 0 Å². The van der Waals surface area contributed by atoms with Crippen LogP contribution in [0.25, 0.3) is 44.8 Å². The van der Waals surface area contributed by atoms with Crippen molar-refractivity contribution >= 4 is 49.7 Å². The maximum atomic E-state index is 15.3. The van der Waals surface area contributed by atoms with Crippen LogP contribution in [0, 0.1) is 22.5 Å². The molecule has 0 atom stereocenters. The Balaban J connectivity index is 1.22. The van der Waals surface area contributed by atoms with Gasteiger partial charge in [0.15, 0.2) is 0 Å². The Morgan fingerprint density at radius 1 is 0.717 bits per heavy atom. The van der Waals surface area contributed by atoms with E-state index in [9.17, 15) is 0 Å². The minimum atomic E-state index is -0.836. The molecule has 0 saturated heterocycles. The molecule has 0 bridgehead atoms. The molecule has 0 fully saturated rings. The number of H-pyrrole nitrogens is 2. The Bertz CT molecular complexity index is 2110. The molecule has 0 unspecified atom stereocenters. The zero-order valence-electron chi connectivity index (χ0n) is 25.4. The summed E-state index contributed by atoms with van der Waals surface area (Å²) in [6.45, 7) is 7.83. The molecule has 0 saturated carbocycles. The van der Waals surface area contributed by atoms with Crippen molar-refractivity contribution in [2.75, 3.05) is 0 Å². The number of fused-ring (bicyclic) bond motifs is 2. The Morgan fingerprint density at radius 3 is 1.76 bits per heavy atom. The van der Waals surface area contributed by atoms with Gasteiger partial charge in [0.2, 0.25) is 0 Å². The largest absolute Gasteiger partial charge is 0.457 e. The van der Waals surface area contributed by atoms with Crippen LogP contribution in [-0.2, 0) is 0 Å². The second kappa shape index (κ2) is 12.4. The van der Waals surface area contributed by atoms with E-state index in [4.69, 9.17) is 15.6 Å². The molecule has 234 valence electrons. The number of aromatic nitrogens is 4. The summed E-state index contributed by atoms with van der Waals surface area (Å²) < 4.78 is 37.1. The lowest BCUT2D eigenvalue weighted by atomic mass is 10.1. The molecule has 12 heteroatoms. The number of amidine groups is 2. The third-order valence-corrected chi connectivity index (χ3v) is 7.75. The maximum Gasteiger partial charge on any atom is 0.144 e. The van der Waals surface area contributed by atoms with Crippen molar-refractivity contribution in [1.82, 2.24) is 30.6 Å². The topological polar surface area (TPSA) is 138 Å². The van der Waals surface area contributed by atoms with Crippen molar-refractivity contribution in [1.29, 1.82) is 10.8 Å². The predicted octanol–water partition coefficient (Wildman–Crippen LogP) is 8.25. The highest BCUT2D eigenvalue weighted by molar-refractivity contribution is 9.10. The number of nitrogens with zero attached hydrogens (tertiary/aromatic N) is 2. The van der Waals surface area contributed by atoms with Crippen LogP contribution in [0.4, 0.5) is 8.78 Å². The van der Waals surface area contributed by atoms with E-state index in [0.29, 0.717) is 38.5 Å². The van der Waals surface area contributed by atoms with Gasteiger partial charge < -0.3 is 25.3 Å². The number of halogens is 3. The van der Waals surface area contributed by atoms with E-state index in [1.807, 2.05) is 45.9 Å². The molecule has 0 radical (unpaired) electrons. The molecule has 46 heavy (non-hydrogen) atoms. The third kappa shape index (κ3) is 6.34. The summed E-state index contributed by atoms with van der Waals surface area (Å²) in [4.78, 5) is 15.3. The van der Waals surface area contributed by atoms with Gasteiger partial charge in [0.05, 0.1) is 27.6 Å². The first-order valence-electron chi connectivity index (χ1n) is 14.6. The summed E-state index contributed by atoms with van der Waals surface area (Å²) in [7, 11) is 0. The summed E-state index contributed by atoms with van der Waals surface area (Å²) in [6.07, 6.45) is 0. The fourth-order valence-electron chi connectivity index (χ4n) is 5.04. The van der Waals surface area contributed by atoms with Gasteiger partial charge in [-0.3, -0.25) is 10.8 Å². The van der Waals surface area contributed by atoms with Crippen LogP contribution in [0.3, 0.4) is 0 Å². The smallest absolute Gasteiger partial charge is 0.144 e. The number of hydrogen-bond donors (Lipinski definition) is 6. The van der Waals surface area contributed by atoms with Gasteiger partial charge in [-0.15, -0.1) is 0 Å². The molecule has 6 aromatic rings. The van der Waals surface area contributed by atoms with Gasteiger partial charge in [-0.2, -0.15) is 0 Å². The van der Waals surface area contributed by atoms with Crippen molar-refractivity contribution < 1.29 is 13.5 Å². The normalized spacial score (nSPS) is 11.5. The molecular weight excluding hydrogens is 654 g/mol. The summed E-state index contributed by atoms with van der Waals surface area (Å²) in [5.74, 6) is -0.0943. The van der Waals surface area contributed by atoms with E-state index < -0.39 is 11.6 Å². The molecule has 0 aliphatic rings. The molecule has 4 aromatic carbocycles. The zero-order chi connectivity index (χ0) is 32.7. The molecule has 0 aliphatic heterocycles. The fraction of sp³-hybridized carbons (Fsp3) is 0.176. The third-order valence-electron chi connectivity index (χ3n) is 7.09. The number of hydrogen-bond acceptors (Lipinski definition) is 5. The summed E-state index contributed by atoms with van der Waals surface area (Å²) in [5.41, 5.74) is 4.44. The average molecular weight is 686 g/mol. The lowest BCUT2D eigenvalue weighted by Gasteiger charge is -2.11. The van der Waals surface area contributed by atoms with Gasteiger partial charge in [0, 0.05) is 45.4 Å². The highest BCUT2D eigenvalue weighted by atomic mass is 79.9.